The minimum absolute atomic E-state index is 0.378. The maximum absolute atomic E-state index is 13.2. The van der Waals surface area contributed by atoms with Crippen LogP contribution in [-0.4, -0.2) is 24.7 Å². The first-order chi connectivity index (χ1) is 11.6. The molecule has 0 aromatic carbocycles. The van der Waals surface area contributed by atoms with E-state index in [9.17, 15) is 4.39 Å². The van der Waals surface area contributed by atoms with Crippen LogP contribution in [0.15, 0.2) is 53.5 Å². The van der Waals surface area contributed by atoms with E-state index in [2.05, 4.69) is 36.0 Å². The topological polar surface area (TPSA) is 56.5 Å². The number of nitrogens with zero attached hydrogens (tertiary/aromatic N) is 5. The number of fused-ring (bicyclic) bond motifs is 1. The molecule has 4 aromatic heterocycles. The number of halogens is 2. The van der Waals surface area contributed by atoms with Crippen LogP contribution >= 0.6 is 15.9 Å². The Labute approximate surface area is 145 Å². The maximum Gasteiger partial charge on any atom is 0.141 e. The second-order valence-electron chi connectivity index (χ2n) is 5.31. The van der Waals surface area contributed by atoms with E-state index in [0.29, 0.717) is 11.4 Å². The third-order valence-electron chi connectivity index (χ3n) is 3.63. The van der Waals surface area contributed by atoms with Crippen molar-refractivity contribution in [3.63, 3.8) is 0 Å². The zero-order chi connectivity index (χ0) is 16.7. The number of hydrogen-bond acceptors (Lipinski definition) is 4. The number of rotatable bonds is 2. The summed E-state index contributed by atoms with van der Waals surface area (Å²) in [4.78, 5) is 13.0. The molecule has 118 valence electrons. The van der Waals surface area contributed by atoms with Crippen LogP contribution in [-0.2, 0) is 7.05 Å². The standard InChI is InChI=1S/C17H11BrFN5/c1-24-9-13(17(23-24)14-3-2-11(19)8-21-14)12-4-5-20-15-6-10(18)7-22-16(12)15/h2-9H,1H3. The Morgan fingerprint density at radius 1 is 1.04 bits per heavy atom. The SMILES string of the molecule is Cn1cc(-c2ccnc3cc(Br)cnc23)c(-c2ccc(F)cn2)n1. The molecule has 4 aromatic rings. The summed E-state index contributed by atoms with van der Waals surface area (Å²) in [5, 5.41) is 4.49. The van der Waals surface area contributed by atoms with E-state index < -0.39 is 0 Å². The van der Waals surface area contributed by atoms with E-state index in [0.717, 1.165) is 26.6 Å². The quantitative estimate of drug-likeness (QED) is 0.524. The lowest BCUT2D eigenvalue weighted by Crippen LogP contribution is -1.91. The molecule has 0 radical (unpaired) electrons. The second-order valence-corrected chi connectivity index (χ2v) is 6.22. The Morgan fingerprint density at radius 3 is 2.71 bits per heavy atom. The predicted molar refractivity (Wildman–Crippen MR) is 92.6 cm³/mol. The van der Waals surface area contributed by atoms with Gasteiger partial charge in [0.15, 0.2) is 0 Å². The Kier molecular flexibility index (Phi) is 3.57. The molecular formula is C17H11BrFN5. The van der Waals surface area contributed by atoms with Crippen LogP contribution in [0.3, 0.4) is 0 Å². The van der Waals surface area contributed by atoms with Crippen molar-refractivity contribution < 1.29 is 4.39 Å². The third kappa shape index (κ3) is 2.56. The van der Waals surface area contributed by atoms with Crippen LogP contribution in [0, 0.1) is 5.82 Å². The van der Waals surface area contributed by atoms with E-state index in [1.807, 2.05) is 25.4 Å². The molecule has 0 N–H and O–H groups in total. The molecule has 0 unspecified atom stereocenters. The lowest BCUT2D eigenvalue weighted by Gasteiger charge is -2.06. The van der Waals surface area contributed by atoms with E-state index in [1.54, 1.807) is 23.1 Å². The van der Waals surface area contributed by atoms with Crippen LogP contribution in [0.5, 0.6) is 0 Å². The molecule has 0 aliphatic rings. The van der Waals surface area contributed by atoms with Gasteiger partial charge in [-0.2, -0.15) is 5.10 Å². The molecule has 0 atom stereocenters. The smallest absolute Gasteiger partial charge is 0.141 e. The summed E-state index contributed by atoms with van der Waals surface area (Å²) in [6, 6.07) is 6.81. The molecule has 0 fully saturated rings. The number of hydrogen-bond donors (Lipinski definition) is 0. The molecule has 24 heavy (non-hydrogen) atoms. The van der Waals surface area contributed by atoms with Gasteiger partial charge >= 0.3 is 0 Å². The van der Waals surface area contributed by atoms with Crippen molar-refractivity contribution in [1.29, 1.82) is 0 Å². The zero-order valence-electron chi connectivity index (χ0n) is 12.6. The number of aryl methyl sites for hydroxylation is 1. The van der Waals surface area contributed by atoms with Gasteiger partial charge in [-0.05, 0) is 40.2 Å². The van der Waals surface area contributed by atoms with Crippen molar-refractivity contribution >= 4 is 27.0 Å². The van der Waals surface area contributed by atoms with Gasteiger partial charge in [0.05, 0.1) is 22.9 Å². The fourth-order valence-electron chi connectivity index (χ4n) is 2.61. The Balaban J connectivity index is 1.96. The van der Waals surface area contributed by atoms with Gasteiger partial charge in [0, 0.05) is 41.2 Å². The minimum Gasteiger partial charge on any atom is -0.274 e. The minimum atomic E-state index is -0.378. The highest BCUT2D eigenvalue weighted by atomic mass is 79.9. The van der Waals surface area contributed by atoms with Crippen LogP contribution in [0.4, 0.5) is 4.39 Å². The zero-order valence-corrected chi connectivity index (χ0v) is 14.2. The largest absolute Gasteiger partial charge is 0.274 e. The van der Waals surface area contributed by atoms with Gasteiger partial charge in [0.1, 0.15) is 11.5 Å². The van der Waals surface area contributed by atoms with Crippen molar-refractivity contribution in [2.75, 3.05) is 0 Å². The van der Waals surface area contributed by atoms with Crippen LogP contribution in [0.2, 0.25) is 0 Å². The van der Waals surface area contributed by atoms with Gasteiger partial charge in [-0.15, -0.1) is 0 Å². The maximum atomic E-state index is 13.2. The Bertz CT molecular complexity index is 1040. The highest BCUT2D eigenvalue weighted by molar-refractivity contribution is 9.10. The lowest BCUT2D eigenvalue weighted by atomic mass is 10.0. The summed E-state index contributed by atoms with van der Waals surface area (Å²) in [7, 11) is 1.84. The average molecular weight is 384 g/mol. The van der Waals surface area contributed by atoms with Gasteiger partial charge in [-0.25, -0.2) is 4.39 Å². The first-order valence-electron chi connectivity index (χ1n) is 7.18. The molecule has 0 spiro atoms. The number of aromatic nitrogens is 5. The molecule has 0 saturated heterocycles. The van der Waals surface area contributed by atoms with Gasteiger partial charge in [0.25, 0.3) is 0 Å². The van der Waals surface area contributed by atoms with Crippen molar-refractivity contribution in [2.45, 2.75) is 0 Å². The fraction of sp³-hybridized carbons (Fsp3) is 0.0588. The number of pyridine rings is 3. The molecule has 0 saturated carbocycles. The summed E-state index contributed by atoms with van der Waals surface area (Å²) in [6.45, 7) is 0. The molecule has 4 heterocycles. The summed E-state index contributed by atoms with van der Waals surface area (Å²) < 4.78 is 15.7. The van der Waals surface area contributed by atoms with Crippen LogP contribution in [0.1, 0.15) is 0 Å². The summed E-state index contributed by atoms with van der Waals surface area (Å²) in [5.74, 6) is -0.378. The lowest BCUT2D eigenvalue weighted by molar-refractivity contribution is 0.621. The molecule has 4 rings (SSSR count). The Morgan fingerprint density at radius 2 is 1.92 bits per heavy atom. The van der Waals surface area contributed by atoms with Gasteiger partial charge in [-0.1, -0.05) is 0 Å². The van der Waals surface area contributed by atoms with Crippen LogP contribution < -0.4 is 0 Å². The normalized spacial score (nSPS) is 11.1. The van der Waals surface area contributed by atoms with E-state index in [-0.39, 0.29) is 5.82 Å². The highest BCUT2D eigenvalue weighted by Crippen LogP contribution is 2.33. The van der Waals surface area contributed by atoms with Gasteiger partial charge < -0.3 is 0 Å². The predicted octanol–water partition coefficient (Wildman–Crippen LogP) is 3.99. The molecule has 0 amide bonds. The van der Waals surface area contributed by atoms with Crippen molar-refractivity contribution in [3.8, 4) is 22.5 Å². The van der Waals surface area contributed by atoms with E-state index in [1.165, 1.54) is 12.3 Å². The van der Waals surface area contributed by atoms with E-state index in [4.69, 9.17) is 0 Å². The van der Waals surface area contributed by atoms with E-state index >= 15 is 0 Å². The highest BCUT2D eigenvalue weighted by Gasteiger charge is 2.16. The molecule has 0 bridgehead atoms. The van der Waals surface area contributed by atoms with Gasteiger partial charge in [-0.3, -0.25) is 19.6 Å². The summed E-state index contributed by atoms with van der Waals surface area (Å²) in [5.41, 5.74) is 4.62. The fourth-order valence-corrected chi connectivity index (χ4v) is 2.93. The monoisotopic (exact) mass is 383 g/mol. The molecule has 0 aliphatic heterocycles. The second kappa shape index (κ2) is 5.76. The molecule has 5 nitrogen and oxygen atoms in total. The molecule has 0 aliphatic carbocycles. The average Bonchev–Trinajstić information content (AvgIpc) is 2.96. The van der Waals surface area contributed by atoms with Gasteiger partial charge in [0.2, 0.25) is 0 Å². The first kappa shape index (κ1) is 14.9. The molecule has 7 heteroatoms. The molecular weight excluding hydrogens is 373 g/mol. The first-order valence-corrected chi connectivity index (χ1v) is 7.97. The summed E-state index contributed by atoms with van der Waals surface area (Å²) in [6.07, 6.45) is 6.56. The van der Waals surface area contributed by atoms with Crippen molar-refractivity contribution in [2.24, 2.45) is 7.05 Å². The van der Waals surface area contributed by atoms with Crippen LogP contribution in [0.25, 0.3) is 33.5 Å². The Hall–Kier alpha value is -2.67. The van der Waals surface area contributed by atoms with Crippen molar-refractivity contribution in [1.82, 2.24) is 24.7 Å². The third-order valence-corrected chi connectivity index (χ3v) is 4.07. The van der Waals surface area contributed by atoms with Crippen molar-refractivity contribution in [3.05, 3.63) is 59.3 Å². The summed E-state index contributed by atoms with van der Waals surface area (Å²) >= 11 is 3.41.